The van der Waals surface area contributed by atoms with Gasteiger partial charge in [-0.25, -0.2) is 4.79 Å². The van der Waals surface area contributed by atoms with Gasteiger partial charge in [0.2, 0.25) is 0 Å². The Bertz CT molecular complexity index is 416. The Morgan fingerprint density at radius 3 is 2.57 bits per heavy atom. The largest absolute Gasteiger partial charge is 0.363 e. The number of hydrogen-bond donors (Lipinski definition) is 3. The Balaban J connectivity index is 2.31. The third-order valence-corrected chi connectivity index (χ3v) is 2.26. The van der Waals surface area contributed by atoms with Crippen LogP contribution in [-0.2, 0) is 0 Å². The van der Waals surface area contributed by atoms with Crippen LogP contribution in [0.25, 0.3) is 0 Å². The van der Waals surface area contributed by atoms with Gasteiger partial charge in [-0.2, -0.15) is 0 Å². The third kappa shape index (κ3) is 1.69. The highest BCUT2D eigenvalue weighted by Crippen LogP contribution is 2.04. The minimum Gasteiger partial charge on any atom is -0.363 e. The lowest BCUT2D eigenvalue weighted by Gasteiger charge is -2.28. The molecule has 0 bridgehead atoms. The van der Waals surface area contributed by atoms with E-state index in [0.29, 0.717) is 5.69 Å². The van der Waals surface area contributed by atoms with Crippen LogP contribution in [0.2, 0.25) is 0 Å². The van der Waals surface area contributed by atoms with Gasteiger partial charge in [0.25, 0.3) is 5.56 Å². The summed E-state index contributed by atoms with van der Waals surface area (Å²) in [5.74, 6) is 0. The van der Waals surface area contributed by atoms with Crippen molar-refractivity contribution in [2.75, 3.05) is 31.1 Å². The summed E-state index contributed by atoms with van der Waals surface area (Å²) in [5, 5.41) is 3.19. The molecule has 0 aromatic carbocycles. The van der Waals surface area contributed by atoms with Crippen molar-refractivity contribution in [1.29, 1.82) is 0 Å². The maximum absolute atomic E-state index is 11.4. The lowest BCUT2D eigenvalue weighted by molar-refractivity contribution is 0.586. The monoisotopic (exact) mass is 196 g/mol. The van der Waals surface area contributed by atoms with E-state index in [0.717, 1.165) is 26.2 Å². The summed E-state index contributed by atoms with van der Waals surface area (Å²) in [6.07, 6.45) is 1.46. The maximum Gasteiger partial charge on any atom is 0.325 e. The summed E-state index contributed by atoms with van der Waals surface area (Å²) >= 11 is 0. The van der Waals surface area contributed by atoms with Crippen molar-refractivity contribution in [3.63, 3.8) is 0 Å². The van der Waals surface area contributed by atoms with E-state index in [2.05, 4.69) is 15.3 Å². The van der Waals surface area contributed by atoms with E-state index >= 15 is 0 Å². The lowest BCUT2D eigenvalue weighted by Crippen LogP contribution is -2.46. The average molecular weight is 196 g/mol. The number of piperazine rings is 1. The molecular weight excluding hydrogens is 184 g/mol. The van der Waals surface area contributed by atoms with Gasteiger partial charge in [0.1, 0.15) is 5.69 Å². The molecule has 2 rings (SSSR count). The van der Waals surface area contributed by atoms with E-state index < -0.39 is 5.69 Å². The Labute approximate surface area is 80.0 Å². The summed E-state index contributed by atoms with van der Waals surface area (Å²) in [5.41, 5.74) is -0.254. The van der Waals surface area contributed by atoms with Crippen molar-refractivity contribution in [1.82, 2.24) is 15.3 Å². The van der Waals surface area contributed by atoms with E-state index in [9.17, 15) is 9.59 Å². The van der Waals surface area contributed by atoms with Crippen LogP contribution in [0, 0.1) is 0 Å². The molecule has 14 heavy (non-hydrogen) atoms. The molecule has 76 valence electrons. The normalized spacial score (nSPS) is 17.0. The summed E-state index contributed by atoms with van der Waals surface area (Å²) in [6, 6.07) is 0. The smallest absolute Gasteiger partial charge is 0.325 e. The first-order chi connectivity index (χ1) is 6.77. The first-order valence-corrected chi connectivity index (χ1v) is 4.55. The number of anilines is 1. The van der Waals surface area contributed by atoms with Crippen LogP contribution in [-0.4, -0.2) is 36.1 Å². The highest BCUT2D eigenvalue weighted by atomic mass is 16.2. The molecule has 0 atom stereocenters. The van der Waals surface area contributed by atoms with Crippen molar-refractivity contribution in [3.05, 3.63) is 27.0 Å². The number of aromatic amines is 2. The van der Waals surface area contributed by atoms with Crippen molar-refractivity contribution < 1.29 is 0 Å². The minimum atomic E-state index is -0.464. The van der Waals surface area contributed by atoms with Gasteiger partial charge in [-0.05, 0) is 0 Å². The number of hydrogen-bond acceptors (Lipinski definition) is 4. The van der Waals surface area contributed by atoms with Crippen molar-refractivity contribution >= 4 is 5.69 Å². The zero-order valence-electron chi connectivity index (χ0n) is 7.67. The highest BCUT2D eigenvalue weighted by molar-refractivity contribution is 5.41. The van der Waals surface area contributed by atoms with Crippen molar-refractivity contribution in [2.45, 2.75) is 0 Å². The van der Waals surface area contributed by atoms with Crippen LogP contribution in [0.4, 0.5) is 5.69 Å². The molecule has 0 aliphatic carbocycles. The van der Waals surface area contributed by atoms with Crippen LogP contribution >= 0.6 is 0 Å². The summed E-state index contributed by atoms with van der Waals surface area (Å²) < 4.78 is 0. The van der Waals surface area contributed by atoms with Gasteiger partial charge >= 0.3 is 5.69 Å². The maximum atomic E-state index is 11.4. The van der Waals surface area contributed by atoms with E-state index in [1.54, 1.807) is 0 Å². The molecule has 3 N–H and O–H groups in total. The zero-order valence-corrected chi connectivity index (χ0v) is 7.67. The van der Waals surface area contributed by atoms with Gasteiger partial charge < -0.3 is 15.2 Å². The average Bonchev–Trinajstić information content (AvgIpc) is 2.19. The Hall–Kier alpha value is -1.56. The van der Waals surface area contributed by atoms with Crippen molar-refractivity contribution in [3.8, 4) is 0 Å². The molecule has 0 spiro atoms. The van der Waals surface area contributed by atoms with Crippen LogP contribution in [0.1, 0.15) is 0 Å². The van der Waals surface area contributed by atoms with Crippen LogP contribution in [0.5, 0.6) is 0 Å². The van der Waals surface area contributed by atoms with Crippen LogP contribution < -0.4 is 21.5 Å². The molecule has 6 nitrogen and oxygen atoms in total. The predicted molar refractivity (Wildman–Crippen MR) is 52.8 cm³/mol. The second-order valence-corrected chi connectivity index (χ2v) is 3.19. The Kier molecular flexibility index (Phi) is 2.36. The lowest BCUT2D eigenvalue weighted by atomic mass is 10.3. The van der Waals surface area contributed by atoms with E-state index in [1.165, 1.54) is 6.20 Å². The van der Waals surface area contributed by atoms with E-state index in [1.807, 2.05) is 4.90 Å². The van der Waals surface area contributed by atoms with Gasteiger partial charge in [0.15, 0.2) is 0 Å². The van der Waals surface area contributed by atoms with E-state index in [4.69, 9.17) is 0 Å². The highest BCUT2D eigenvalue weighted by Gasteiger charge is 2.13. The quantitative estimate of drug-likeness (QED) is 0.509. The predicted octanol–water partition coefficient (Wildman–Crippen LogP) is -1.53. The minimum absolute atomic E-state index is 0.323. The first kappa shape index (κ1) is 9.01. The Morgan fingerprint density at radius 1 is 1.21 bits per heavy atom. The van der Waals surface area contributed by atoms with Gasteiger partial charge in [-0.15, -0.1) is 0 Å². The van der Waals surface area contributed by atoms with Gasteiger partial charge in [-0.1, -0.05) is 0 Å². The standard InChI is InChI=1S/C8H12N4O2/c13-7-6(5-10-8(14)11-7)12-3-1-9-2-4-12/h5,9H,1-4H2,(H2,10,11,13,14). The second kappa shape index (κ2) is 3.67. The molecule has 0 saturated carbocycles. The molecule has 0 radical (unpaired) electrons. The van der Waals surface area contributed by atoms with E-state index in [-0.39, 0.29) is 5.56 Å². The van der Waals surface area contributed by atoms with Crippen LogP contribution in [0.15, 0.2) is 15.8 Å². The molecule has 0 unspecified atom stereocenters. The fraction of sp³-hybridized carbons (Fsp3) is 0.500. The third-order valence-electron chi connectivity index (χ3n) is 2.26. The molecule has 6 heteroatoms. The fourth-order valence-electron chi connectivity index (χ4n) is 1.54. The van der Waals surface area contributed by atoms with Gasteiger partial charge in [0.05, 0.1) is 0 Å². The summed E-state index contributed by atoms with van der Waals surface area (Å²) in [4.78, 5) is 28.8. The molecule has 0 amide bonds. The Morgan fingerprint density at radius 2 is 1.93 bits per heavy atom. The summed E-state index contributed by atoms with van der Waals surface area (Å²) in [7, 11) is 0. The molecule has 1 aromatic rings. The second-order valence-electron chi connectivity index (χ2n) is 3.19. The number of nitrogens with one attached hydrogen (secondary N) is 3. The molecule has 1 aliphatic rings. The number of nitrogens with zero attached hydrogens (tertiary/aromatic N) is 1. The molecule has 1 fully saturated rings. The topological polar surface area (TPSA) is 81.0 Å². The summed E-state index contributed by atoms with van der Waals surface area (Å²) in [6.45, 7) is 3.29. The number of H-pyrrole nitrogens is 2. The SMILES string of the molecule is O=c1[nH]cc(N2CCNCC2)c(=O)[nH]1. The molecule has 1 aliphatic heterocycles. The molecule has 2 heterocycles. The molecular formula is C8H12N4O2. The number of rotatable bonds is 1. The van der Waals surface area contributed by atoms with Gasteiger partial charge in [0, 0.05) is 32.4 Å². The first-order valence-electron chi connectivity index (χ1n) is 4.55. The molecule has 1 aromatic heterocycles. The zero-order chi connectivity index (χ0) is 9.97. The number of aromatic nitrogens is 2. The van der Waals surface area contributed by atoms with Crippen molar-refractivity contribution in [2.24, 2.45) is 0 Å². The fourth-order valence-corrected chi connectivity index (χ4v) is 1.54. The van der Waals surface area contributed by atoms with Gasteiger partial charge in [-0.3, -0.25) is 9.78 Å². The van der Waals surface area contributed by atoms with Crippen LogP contribution in [0.3, 0.4) is 0 Å². The molecule has 1 saturated heterocycles.